The molecule has 0 aromatic heterocycles. The van der Waals surface area contributed by atoms with Crippen molar-refractivity contribution >= 4 is 0 Å². The molecule has 2 nitrogen and oxygen atoms in total. The van der Waals surface area contributed by atoms with Gasteiger partial charge in [0.05, 0.1) is 6.54 Å². The molecule has 1 aliphatic heterocycles. The zero-order valence-corrected chi connectivity index (χ0v) is 11.9. The maximum absolute atomic E-state index is 3.52. The first-order chi connectivity index (χ1) is 9.38. The predicted octanol–water partition coefficient (Wildman–Crippen LogP) is 2.31. The standard InChI is InChI=1S/C17H24N2/c1-2-3-12-18-17-10-14-19(15-11-17)13-9-16-7-5-4-6-8-16/h4-8,17-18H,9-15H2,1H3. The van der Waals surface area contributed by atoms with Crippen LogP contribution in [0.5, 0.6) is 0 Å². The minimum atomic E-state index is 0.661. The zero-order valence-electron chi connectivity index (χ0n) is 11.9. The lowest BCUT2D eigenvalue weighted by atomic mass is 10.0. The fourth-order valence-electron chi connectivity index (χ4n) is 2.58. The van der Waals surface area contributed by atoms with Gasteiger partial charge in [0.2, 0.25) is 0 Å². The monoisotopic (exact) mass is 256 g/mol. The Labute approximate surface area is 117 Å². The van der Waals surface area contributed by atoms with Crippen LogP contribution in [0.25, 0.3) is 0 Å². The molecule has 1 fully saturated rings. The summed E-state index contributed by atoms with van der Waals surface area (Å²) in [6.07, 6.45) is 3.67. The van der Waals surface area contributed by atoms with Crippen molar-refractivity contribution in [1.82, 2.24) is 10.2 Å². The maximum atomic E-state index is 3.52. The van der Waals surface area contributed by atoms with Crippen LogP contribution in [0.2, 0.25) is 0 Å². The van der Waals surface area contributed by atoms with Gasteiger partial charge >= 0.3 is 0 Å². The largest absolute Gasteiger partial charge is 0.303 e. The Balaban J connectivity index is 1.64. The summed E-state index contributed by atoms with van der Waals surface area (Å²) >= 11 is 0. The van der Waals surface area contributed by atoms with Gasteiger partial charge < -0.3 is 10.2 Å². The van der Waals surface area contributed by atoms with Crippen LogP contribution in [0.1, 0.15) is 25.3 Å². The molecule has 0 saturated carbocycles. The highest BCUT2D eigenvalue weighted by atomic mass is 15.1. The maximum Gasteiger partial charge on any atom is 0.0578 e. The first kappa shape index (κ1) is 14.1. The van der Waals surface area contributed by atoms with Gasteiger partial charge in [0, 0.05) is 12.6 Å². The van der Waals surface area contributed by atoms with E-state index in [9.17, 15) is 0 Å². The van der Waals surface area contributed by atoms with Gasteiger partial charge in [-0.3, -0.25) is 0 Å². The van der Waals surface area contributed by atoms with E-state index >= 15 is 0 Å². The van der Waals surface area contributed by atoms with E-state index in [1.807, 2.05) is 6.92 Å². The molecule has 0 atom stereocenters. The Bertz CT molecular complexity index is 408. The van der Waals surface area contributed by atoms with E-state index < -0.39 is 0 Å². The van der Waals surface area contributed by atoms with Crippen LogP contribution < -0.4 is 5.32 Å². The fraction of sp³-hybridized carbons (Fsp3) is 0.529. The van der Waals surface area contributed by atoms with Gasteiger partial charge in [-0.15, -0.1) is 5.92 Å². The van der Waals surface area contributed by atoms with E-state index in [1.165, 1.54) is 44.5 Å². The summed E-state index contributed by atoms with van der Waals surface area (Å²) < 4.78 is 0. The summed E-state index contributed by atoms with van der Waals surface area (Å²) in [6.45, 7) is 6.35. The first-order valence-electron chi connectivity index (χ1n) is 7.28. The lowest BCUT2D eigenvalue weighted by Gasteiger charge is -2.32. The number of benzene rings is 1. The quantitative estimate of drug-likeness (QED) is 0.813. The van der Waals surface area contributed by atoms with E-state index in [4.69, 9.17) is 0 Å². The number of nitrogens with zero attached hydrogens (tertiary/aromatic N) is 1. The summed E-state index contributed by atoms with van der Waals surface area (Å²) in [5, 5.41) is 3.52. The van der Waals surface area contributed by atoms with Crippen LogP contribution in [0.15, 0.2) is 30.3 Å². The van der Waals surface area contributed by atoms with Crippen LogP contribution in [0, 0.1) is 11.8 Å². The van der Waals surface area contributed by atoms with Crippen molar-refractivity contribution in [1.29, 1.82) is 0 Å². The molecule has 1 N–H and O–H groups in total. The van der Waals surface area contributed by atoms with E-state index in [-0.39, 0.29) is 0 Å². The Morgan fingerprint density at radius 3 is 2.63 bits per heavy atom. The predicted molar refractivity (Wildman–Crippen MR) is 81.1 cm³/mol. The highest BCUT2D eigenvalue weighted by Crippen LogP contribution is 2.11. The molecule has 2 rings (SSSR count). The molecular weight excluding hydrogens is 232 g/mol. The van der Waals surface area contributed by atoms with Crippen molar-refractivity contribution in [2.24, 2.45) is 0 Å². The first-order valence-corrected chi connectivity index (χ1v) is 7.28. The highest BCUT2D eigenvalue weighted by molar-refractivity contribution is 5.14. The summed E-state index contributed by atoms with van der Waals surface area (Å²) in [5.74, 6) is 6.01. The molecular formula is C17H24N2. The van der Waals surface area contributed by atoms with Crippen LogP contribution in [0.3, 0.4) is 0 Å². The van der Waals surface area contributed by atoms with Gasteiger partial charge in [-0.1, -0.05) is 36.3 Å². The Morgan fingerprint density at radius 2 is 1.95 bits per heavy atom. The molecule has 1 aromatic rings. The minimum Gasteiger partial charge on any atom is -0.303 e. The third kappa shape index (κ3) is 5.06. The number of hydrogen-bond acceptors (Lipinski definition) is 2. The smallest absolute Gasteiger partial charge is 0.0578 e. The van der Waals surface area contributed by atoms with Gasteiger partial charge in [-0.05, 0) is 44.8 Å². The third-order valence-electron chi connectivity index (χ3n) is 3.80. The van der Waals surface area contributed by atoms with Crippen molar-refractivity contribution < 1.29 is 0 Å². The van der Waals surface area contributed by atoms with Crippen molar-refractivity contribution in [2.75, 3.05) is 26.2 Å². The summed E-state index contributed by atoms with van der Waals surface area (Å²) in [7, 11) is 0. The number of likely N-dealkylation sites (tertiary alicyclic amines) is 1. The van der Waals surface area contributed by atoms with Crippen molar-refractivity contribution in [2.45, 2.75) is 32.2 Å². The normalized spacial score (nSPS) is 16.9. The zero-order chi connectivity index (χ0) is 13.3. The fourth-order valence-corrected chi connectivity index (χ4v) is 2.58. The highest BCUT2D eigenvalue weighted by Gasteiger charge is 2.17. The molecule has 0 amide bonds. The minimum absolute atomic E-state index is 0.661. The van der Waals surface area contributed by atoms with Crippen LogP contribution in [0.4, 0.5) is 0 Å². The molecule has 0 spiro atoms. The summed E-state index contributed by atoms with van der Waals surface area (Å²) in [6, 6.07) is 11.4. The molecule has 102 valence electrons. The van der Waals surface area contributed by atoms with Crippen LogP contribution in [-0.2, 0) is 6.42 Å². The molecule has 0 bridgehead atoms. The number of rotatable bonds is 5. The molecule has 19 heavy (non-hydrogen) atoms. The molecule has 2 heteroatoms. The van der Waals surface area contributed by atoms with Crippen molar-refractivity contribution in [3.63, 3.8) is 0 Å². The lowest BCUT2D eigenvalue weighted by molar-refractivity contribution is 0.202. The number of piperidine rings is 1. The number of hydrogen-bond donors (Lipinski definition) is 1. The topological polar surface area (TPSA) is 15.3 Å². The number of nitrogens with one attached hydrogen (secondary N) is 1. The molecule has 1 aliphatic rings. The van der Waals surface area contributed by atoms with E-state index in [2.05, 4.69) is 52.4 Å². The van der Waals surface area contributed by atoms with Gasteiger partial charge in [0.15, 0.2) is 0 Å². The summed E-state index contributed by atoms with van der Waals surface area (Å²) in [4.78, 5) is 2.58. The second-order valence-electron chi connectivity index (χ2n) is 5.16. The molecule has 1 saturated heterocycles. The van der Waals surface area contributed by atoms with E-state index in [1.54, 1.807) is 0 Å². The second kappa shape index (κ2) is 7.99. The molecule has 0 aliphatic carbocycles. The van der Waals surface area contributed by atoms with E-state index in [0.29, 0.717) is 6.04 Å². The Morgan fingerprint density at radius 1 is 1.21 bits per heavy atom. The molecule has 0 unspecified atom stereocenters. The molecule has 1 aromatic carbocycles. The average Bonchev–Trinajstić information content (AvgIpc) is 2.48. The second-order valence-corrected chi connectivity index (χ2v) is 5.16. The van der Waals surface area contributed by atoms with Crippen LogP contribution >= 0.6 is 0 Å². The molecule has 1 heterocycles. The van der Waals surface area contributed by atoms with Gasteiger partial charge in [0.1, 0.15) is 0 Å². The van der Waals surface area contributed by atoms with E-state index in [0.717, 1.165) is 6.54 Å². The molecule has 0 radical (unpaired) electrons. The van der Waals surface area contributed by atoms with Crippen molar-refractivity contribution in [3.8, 4) is 11.8 Å². The Hall–Kier alpha value is -1.30. The third-order valence-corrected chi connectivity index (χ3v) is 3.80. The summed E-state index contributed by atoms with van der Waals surface area (Å²) in [5.41, 5.74) is 1.45. The van der Waals surface area contributed by atoms with Gasteiger partial charge in [-0.25, -0.2) is 0 Å². The van der Waals surface area contributed by atoms with Gasteiger partial charge in [0.25, 0.3) is 0 Å². The Kier molecular flexibility index (Phi) is 5.94. The van der Waals surface area contributed by atoms with Crippen LogP contribution in [-0.4, -0.2) is 37.1 Å². The van der Waals surface area contributed by atoms with Gasteiger partial charge in [-0.2, -0.15) is 0 Å². The lowest BCUT2D eigenvalue weighted by Crippen LogP contribution is -2.43. The average molecular weight is 256 g/mol. The SMILES string of the molecule is CC#CCNC1CCN(CCc2ccccc2)CC1. The van der Waals surface area contributed by atoms with Crippen molar-refractivity contribution in [3.05, 3.63) is 35.9 Å².